The number of aliphatic hydroxyl groups is 1. The molecule has 0 unspecified atom stereocenters. The van der Waals surface area contributed by atoms with Crippen LogP contribution in [-0.4, -0.2) is 42.0 Å². The molecule has 0 aliphatic carbocycles. The Morgan fingerprint density at radius 1 is 1.28 bits per heavy atom. The van der Waals surface area contributed by atoms with Crippen molar-refractivity contribution in [3.05, 3.63) is 34.3 Å². The summed E-state index contributed by atoms with van der Waals surface area (Å²) in [5, 5.41) is 8.96. The first kappa shape index (κ1) is 15.3. The number of hydrogen-bond acceptors (Lipinski definition) is 3. The van der Waals surface area contributed by atoms with Gasteiger partial charge in [0.1, 0.15) is 0 Å². The largest absolute Gasteiger partial charge is 0.395 e. The van der Waals surface area contributed by atoms with E-state index in [0.29, 0.717) is 19.5 Å². The summed E-state index contributed by atoms with van der Waals surface area (Å²) in [6.45, 7) is 4.50. The summed E-state index contributed by atoms with van der Waals surface area (Å²) in [7, 11) is 0. The molecule has 0 spiro atoms. The van der Waals surface area contributed by atoms with Crippen LogP contribution in [0.2, 0.25) is 0 Å². The van der Waals surface area contributed by atoms with E-state index in [0.717, 1.165) is 23.0 Å². The first-order valence-electron chi connectivity index (χ1n) is 6.30. The van der Waals surface area contributed by atoms with Gasteiger partial charge < -0.3 is 10.0 Å². The average molecular weight is 314 g/mol. The molecule has 1 rings (SSSR count). The van der Waals surface area contributed by atoms with Crippen molar-refractivity contribution >= 4 is 21.7 Å². The number of hydrogen-bond donors (Lipinski definition) is 1. The van der Waals surface area contributed by atoms with Crippen LogP contribution >= 0.6 is 15.9 Å². The highest BCUT2D eigenvalue weighted by Gasteiger charge is 2.11. The van der Waals surface area contributed by atoms with Crippen LogP contribution in [0.3, 0.4) is 0 Å². The number of aliphatic hydroxyl groups excluding tert-OH is 1. The molecule has 0 heterocycles. The second-order valence-corrected chi connectivity index (χ2v) is 5.07. The quantitative estimate of drug-likeness (QED) is 0.750. The molecule has 1 aromatic rings. The van der Waals surface area contributed by atoms with Crippen molar-refractivity contribution in [3.63, 3.8) is 0 Å². The Hall–Kier alpha value is -0.710. The number of benzene rings is 1. The minimum Gasteiger partial charge on any atom is -0.395 e. The number of carbonyl (C=O) groups excluding carboxylic acids is 1. The molecule has 0 radical (unpaired) electrons. The molecule has 0 amide bonds. The van der Waals surface area contributed by atoms with Crippen molar-refractivity contribution < 1.29 is 9.90 Å². The predicted octanol–water partition coefficient (Wildman–Crippen LogP) is 2.73. The summed E-state index contributed by atoms with van der Waals surface area (Å²) in [5.41, 5.74) is 0.734. The van der Waals surface area contributed by atoms with E-state index in [1.54, 1.807) is 0 Å². The lowest BCUT2D eigenvalue weighted by Gasteiger charge is -2.19. The molecule has 3 nitrogen and oxygen atoms in total. The predicted molar refractivity (Wildman–Crippen MR) is 76.9 cm³/mol. The molecule has 18 heavy (non-hydrogen) atoms. The van der Waals surface area contributed by atoms with E-state index in [2.05, 4.69) is 27.8 Å². The molecule has 0 bridgehead atoms. The SMILES string of the molecule is CCCN(CCO)CCC(=O)c1ccccc1Br. The monoisotopic (exact) mass is 313 g/mol. The van der Waals surface area contributed by atoms with Crippen molar-refractivity contribution in [1.29, 1.82) is 0 Å². The normalized spacial score (nSPS) is 10.9. The van der Waals surface area contributed by atoms with Gasteiger partial charge in [-0.1, -0.05) is 41.1 Å². The van der Waals surface area contributed by atoms with Gasteiger partial charge in [0.2, 0.25) is 0 Å². The molecule has 100 valence electrons. The van der Waals surface area contributed by atoms with Gasteiger partial charge in [-0.15, -0.1) is 0 Å². The maximum absolute atomic E-state index is 12.1. The molecule has 1 N–H and O–H groups in total. The molecule has 4 heteroatoms. The van der Waals surface area contributed by atoms with Gasteiger partial charge in [-0.3, -0.25) is 4.79 Å². The van der Waals surface area contributed by atoms with E-state index in [-0.39, 0.29) is 12.4 Å². The standard InChI is InChI=1S/C14H20BrNO2/c1-2-8-16(10-11-17)9-7-14(18)12-5-3-4-6-13(12)15/h3-6,17H,2,7-11H2,1H3. The van der Waals surface area contributed by atoms with Crippen LogP contribution < -0.4 is 0 Å². The van der Waals surface area contributed by atoms with Gasteiger partial charge in [-0.05, 0) is 19.0 Å². The van der Waals surface area contributed by atoms with Crippen LogP contribution in [0.5, 0.6) is 0 Å². The van der Waals surface area contributed by atoms with Gasteiger partial charge in [0.15, 0.2) is 5.78 Å². The summed E-state index contributed by atoms with van der Waals surface area (Å²) in [5.74, 6) is 0.140. The van der Waals surface area contributed by atoms with E-state index < -0.39 is 0 Å². The highest BCUT2D eigenvalue weighted by Crippen LogP contribution is 2.17. The smallest absolute Gasteiger partial charge is 0.165 e. The molecule has 0 aromatic heterocycles. The number of ketones is 1. The Morgan fingerprint density at radius 3 is 2.61 bits per heavy atom. The van der Waals surface area contributed by atoms with Gasteiger partial charge in [0, 0.05) is 29.5 Å². The van der Waals surface area contributed by atoms with Crippen LogP contribution in [0.25, 0.3) is 0 Å². The number of nitrogens with zero attached hydrogens (tertiary/aromatic N) is 1. The molecule has 0 aliphatic heterocycles. The topological polar surface area (TPSA) is 40.5 Å². The lowest BCUT2D eigenvalue weighted by Crippen LogP contribution is -2.30. The third-order valence-corrected chi connectivity index (χ3v) is 3.48. The number of halogens is 1. The van der Waals surface area contributed by atoms with Gasteiger partial charge in [-0.2, -0.15) is 0 Å². The van der Waals surface area contributed by atoms with Crippen LogP contribution in [0.4, 0.5) is 0 Å². The molecular weight excluding hydrogens is 294 g/mol. The van der Waals surface area contributed by atoms with Gasteiger partial charge in [-0.25, -0.2) is 0 Å². The maximum Gasteiger partial charge on any atom is 0.165 e. The third kappa shape index (κ3) is 4.88. The number of carbonyl (C=O) groups is 1. The van der Waals surface area contributed by atoms with Gasteiger partial charge in [0.25, 0.3) is 0 Å². The molecule has 1 aromatic carbocycles. The first-order chi connectivity index (χ1) is 8.69. The minimum atomic E-state index is 0.140. The van der Waals surface area contributed by atoms with Crippen molar-refractivity contribution in [1.82, 2.24) is 4.90 Å². The Bertz CT molecular complexity index is 376. The third-order valence-electron chi connectivity index (χ3n) is 2.79. The molecule has 0 saturated carbocycles. The fourth-order valence-electron chi connectivity index (χ4n) is 1.87. The van der Waals surface area contributed by atoms with Crippen molar-refractivity contribution in [2.75, 3.05) is 26.2 Å². The Morgan fingerprint density at radius 2 is 2.00 bits per heavy atom. The zero-order valence-electron chi connectivity index (χ0n) is 10.7. The Labute approximate surface area is 117 Å². The second-order valence-electron chi connectivity index (χ2n) is 4.22. The fraction of sp³-hybridized carbons (Fsp3) is 0.500. The minimum absolute atomic E-state index is 0.140. The average Bonchev–Trinajstić information content (AvgIpc) is 2.36. The molecular formula is C14H20BrNO2. The van der Waals surface area contributed by atoms with Gasteiger partial charge in [0.05, 0.1) is 6.61 Å². The van der Waals surface area contributed by atoms with Crippen molar-refractivity contribution in [2.45, 2.75) is 19.8 Å². The number of rotatable bonds is 8. The fourth-order valence-corrected chi connectivity index (χ4v) is 2.38. The summed E-state index contributed by atoms with van der Waals surface area (Å²) < 4.78 is 0.846. The highest BCUT2D eigenvalue weighted by atomic mass is 79.9. The van der Waals surface area contributed by atoms with E-state index in [9.17, 15) is 4.79 Å². The van der Waals surface area contributed by atoms with Crippen LogP contribution in [0, 0.1) is 0 Å². The van der Waals surface area contributed by atoms with E-state index in [1.165, 1.54) is 0 Å². The summed E-state index contributed by atoms with van der Waals surface area (Å²) in [6, 6.07) is 7.49. The highest BCUT2D eigenvalue weighted by molar-refractivity contribution is 9.10. The zero-order valence-corrected chi connectivity index (χ0v) is 12.3. The maximum atomic E-state index is 12.1. The van der Waals surface area contributed by atoms with E-state index >= 15 is 0 Å². The molecule has 0 atom stereocenters. The summed E-state index contributed by atoms with van der Waals surface area (Å²) in [4.78, 5) is 14.2. The summed E-state index contributed by atoms with van der Waals surface area (Å²) >= 11 is 3.39. The molecule has 0 saturated heterocycles. The van der Waals surface area contributed by atoms with E-state index in [1.807, 2.05) is 24.3 Å². The van der Waals surface area contributed by atoms with Crippen LogP contribution in [0.1, 0.15) is 30.1 Å². The number of Topliss-reactive ketones (excluding diaryl/α,β-unsaturated/α-hetero) is 1. The molecule has 0 aliphatic rings. The van der Waals surface area contributed by atoms with E-state index in [4.69, 9.17) is 5.11 Å². The van der Waals surface area contributed by atoms with Crippen molar-refractivity contribution in [3.8, 4) is 0 Å². The Balaban J connectivity index is 2.52. The molecule has 0 fully saturated rings. The summed E-state index contributed by atoms with van der Waals surface area (Å²) in [6.07, 6.45) is 1.52. The zero-order chi connectivity index (χ0) is 13.4. The van der Waals surface area contributed by atoms with Gasteiger partial charge >= 0.3 is 0 Å². The Kier molecular flexibility index (Phi) is 7.16. The lowest BCUT2D eigenvalue weighted by molar-refractivity contribution is 0.0956. The second kappa shape index (κ2) is 8.40. The van der Waals surface area contributed by atoms with Crippen molar-refractivity contribution in [2.24, 2.45) is 0 Å². The lowest BCUT2D eigenvalue weighted by atomic mass is 10.1. The van der Waals surface area contributed by atoms with Crippen LogP contribution in [-0.2, 0) is 0 Å². The van der Waals surface area contributed by atoms with Crippen LogP contribution in [0.15, 0.2) is 28.7 Å². The first-order valence-corrected chi connectivity index (χ1v) is 7.09.